The Hall–Kier alpha value is -3.00. The molecule has 0 unspecified atom stereocenters. The van der Waals surface area contributed by atoms with Crippen molar-refractivity contribution in [3.63, 3.8) is 0 Å². The van der Waals surface area contributed by atoms with Gasteiger partial charge < -0.3 is 14.8 Å². The van der Waals surface area contributed by atoms with Crippen molar-refractivity contribution in [1.82, 2.24) is 4.90 Å². The van der Waals surface area contributed by atoms with E-state index < -0.39 is 5.25 Å². The number of benzene rings is 2. The van der Waals surface area contributed by atoms with E-state index in [1.54, 1.807) is 32.4 Å². The highest BCUT2D eigenvalue weighted by Crippen LogP contribution is 2.31. The summed E-state index contributed by atoms with van der Waals surface area (Å²) in [6.45, 7) is 2.70. The number of hydrogen-bond acceptors (Lipinski definition) is 6. The Morgan fingerprint density at radius 2 is 1.97 bits per heavy atom. The molecule has 2 aromatic rings. The lowest BCUT2D eigenvalue weighted by Gasteiger charge is -2.10. The molecule has 0 saturated carbocycles. The van der Waals surface area contributed by atoms with E-state index in [4.69, 9.17) is 9.47 Å². The number of thioether (sulfide) groups is 1. The van der Waals surface area contributed by atoms with E-state index in [-0.39, 0.29) is 18.2 Å². The Labute approximate surface area is 180 Å². The van der Waals surface area contributed by atoms with Crippen molar-refractivity contribution in [2.75, 3.05) is 26.1 Å². The summed E-state index contributed by atoms with van der Waals surface area (Å²) < 4.78 is 10.7. The number of carbonyl (C=O) groups excluding carboxylic acids is 2. The first-order chi connectivity index (χ1) is 14.5. The number of hydrogen-bond donors (Lipinski definition) is 1. The van der Waals surface area contributed by atoms with Crippen LogP contribution < -0.4 is 14.8 Å². The van der Waals surface area contributed by atoms with Crippen LogP contribution in [0.15, 0.2) is 53.5 Å². The summed E-state index contributed by atoms with van der Waals surface area (Å²) in [6.07, 6.45) is 1.00. The van der Waals surface area contributed by atoms with Crippen molar-refractivity contribution in [3.8, 4) is 11.5 Å². The molecule has 1 heterocycles. The number of carbonyl (C=O) groups is 2. The zero-order chi connectivity index (χ0) is 21.5. The first-order valence-electron chi connectivity index (χ1n) is 9.70. The summed E-state index contributed by atoms with van der Waals surface area (Å²) in [7, 11) is 3.26. The molecule has 2 aromatic carbocycles. The molecule has 1 N–H and O–H groups in total. The molecule has 0 aromatic heterocycles. The molecule has 7 nitrogen and oxygen atoms in total. The summed E-state index contributed by atoms with van der Waals surface area (Å²) >= 11 is 1.29. The molecule has 3 rings (SSSR count). The molecule has 1 atom stereocenters. The van der Waals surface area contributed by atoms with Crippen LogP contribution >= 0.6 is 11.8 Å². The molecule has 1 saturated heterocycles. The Morgan fingerprint density at radius 3 is 2.67 bits per heavy atom. The molecule has 0 spiro atoms. The SMILES string of the molecule is CCCOc1ccc(NC(=O)C[C@H]2SC(=Nc3cccc(OC)c3)N(C)C2=O)cc1. The first-order valence-corrected chi connectivity index (χ1v) is 10.6. The smallest absolute Gasteiger partial charge is 0.242 e. The van der Waals surface area contributed by atoms with Gasteiger partial charge in [0.2, 0.25) is 11.8 Å². The van der Waals surface area contributed by atoms with Crippen LogP contribution in [0.3, 0.4) is 0 Å². The van der Waals surface area contributed by atoms with Crippen LogP contribution in [0, 0.1) is 0 Å². The van der Waals surface area contributed by atoms with Crippen molar-refractivity contribution in [1.29, 1.82) is 0 Å². The van der Waals surface area contributed by atoms with Gasteiger partial charge in [-0.1, -0.05) is 24.8 Å². The predicted molar refractivity (Wildman–Crippen MR) is 120 cm³/mol. The molecule has 1 fully saturated rings. The Balaban J connectivity index is 1.60. The van der Waals surface area contributed by atoms with Gasteiger partial charge in [0.15, 0.2) is 5.17 Å². The number of amidine groups is 1. The zero-order valence-electron chi connectivity index (χ0n) is 17.3. The summed E-state index contributed by atoms with van der Waals surface area (Å²) in [4.78, 5) is 31.0. The van der Waals surface area contributed by atoms with Crippen LogP contribution in [-0.4, -0.2) is 47.9 Å². The van der Waals surface area contributed by atoms with Crippen molar-refractivity contribution in [2.24, 2.45) is 4.99 Å². The fourth-order valence-electron chi connectivity index (χ4n) is 2.82. The van der Waals surface area contributed by atoms with Crippen LogP contribution in [0.1, 0.15) is 19.8 Å². The minimum absolute atomic E-state index is 0.0685. The number of amides is 2. The van der Waals surface area contributed by atoms with Gasteiger partial charge in [0, 0.05) is 25.2 Å². The summed E-state index contributed by atoms with van der Waals surface area (Å²) in [5, 5.41) is 2.88. The van der Waals surface area contributed by atoms with E-state index in [0.29, 0.717) is 28.9 Å². The molecule has 1 aliphatic rings. The van der Waals surface area contributed by atoms with Crippen LogP contribution in [0.2, 0.25) is 0 Å². The summed E-state index contributed by atoms with van der Waals surface area (Å²) in [5.74, 6) is 1.09. The second kappa shape index (κ2) is 10.2. The van der Waals surface area contributed by atoms with Gasteiger partial charge in [-0.2, -0.15) is 0 Å². The van der Waals surface area contributed by atoms with Crippen molar-refractivity contribution in [2.45, 2.75) is 25.0 Å². The standard InChI is InChI=1S/C22H25N3O4S/c1-4-12-29-17-10-8-15(9-11-17)23-20(26)14-19-21(27)25(2)22(30-19)24-16-6-5-7-18(13-16)28-3/h5-11,13,19H,4,12,14H2,1-3H3,(H,23,26)/t19-/m1/s1. The van der Waals surface area contributed by atoms with Crippen LogP contribution in [0.4, 0.5) is 11.4 Å². The van der Waals surface area contributed by atoms with Crippen LogP contribution in [-0.2, 0) is 9.59 Å². The number of ether oxygens (including phenoxy) is 2. The molecule has 8 heteroatoms. The molecule has 0 bridgehead atoms. The highest BCUT2D eigenvalue weighted by atomic mass is 32.2. The first kappa shape index (κ1) is 21.7. The Kier molecular flexibility index (Phi) is 7.35. The summed E-state index contributed by atoms with van der Waals surface area (Å²) in [5.41, 5.74) is 1.35. The second-order valence-corrected chi connectivity index (χ2v) is 7.89. The molecule has 0 aliphatic carbocycles. The van der Waals surface area contributed by atoms with Gasteiger partial charge in [-0.05, 0) is 42.8 Å². The largest absolute Gasteiger partial charge is 0.497 e. The molecule has 1 aliphatic heterocycles. The second-order valence-electron chi connectivity index (χ2n) is 6.72. The lowest BCUT2D eigenvalue weighted by Crippen LogP contribution is -2.30. The maximum absolute atomic E-state index is 12.6. The lowest BCUT2D eigenvalue weighted by molar-refractivity contribution is -0.127. The maximum Gasteiger partial charge on any atom is 0.242 e. The highest BCUT2D eigenvalue weighted by Gasteiger charge is 2.37. The van der Waals surface area contributed by atoms with Crippen LogP contribution in [0.5, 0.6) is 11.5 Å². The topological polar surface area (TPSA) is 80.2 Å². The van der Waals surface area contributed by atoms with Crippen LogP contribution in [0.25, 0.3) is 0 Å². The average Bonchev–Trinajstić information content (AvgIpc) is 3.01. The number of aliphatic imine (C=N–C) groups is 1. The normalized spacial score (nSPS) is 17.3. The number of nitrogens with zero attached hydrogens (tertiary/aromatic N) is 2. The van der Waals surface area contributed by atoms with Crippen molar-refractivity contribution in [3.05, 3.63) is 48.5 Å². The van der Waals surface area contributed by atoms with Gasteiger partial charge in [-0.15, -0.1) is 0 Å². The Bertz CT molecular complexity index is 930. The molecule has 30 heavy (non-hydrogen) atoms. The predicted octanol–water partition coefficient (Wildman–Crippen LogP) is 4.07. The fourth-order valence-corrected chi connectivity index (χ4v) is 3.98. The molecule has 0 radical (unpaired) electrons. The van der Waals surface area contributed by atoms with Gasteiger partial charge in [0.25, 0.3) is 0 Å². The van der Waals surface area contributed by atoms with Gasteiger partial charge in [-0.3, -0.25) is 14.5 Å². The Morgan fingerprint density at radius 1 is 1.20 bits per heavy atom. The minimum Gasteiger partial charge on any atom is -0.497 e. The van der Waals surface area contributed by atoms with Gasteiger partial charge in [0.05, 0.1) is 19.4 Å². The third-order valence-corrected chi connectivity index (χ3v) is 5.63. The van der Waals surface area contributed by atoms with E-state index >= 15 is 0 Å². The number of nitrogens with one attached hydrogen (secondary N) is 1. The molecular weight excluding hydrogens is 402 g/mol. The summed E-state index contributed by atoms with van der Waals surface area (Å²) in [6, 6.07) is 14.5. The lowest BCUT2D eigenvalue weighted by atomic mass is 10.2. The molecule has 158 valence electrons. The third kappa shape index (κ3) is 5.54. The zero-order valence-corrected chi connectivity index (χ0v) is 18.1. The average molecular weight is 428 g/mol. The van der Waals surface area contributed by atoms with E-state index in [1.165, 1.54) is 16.7 Å². The van der Waals surface area contributed by atoms with Gasteiger partial charge in [0.1, 0.15) is 16.7 Å². The van der Waals surface area contributed by atoms with E-state index in [1.807, 2.05) is 37.3 Å². The highest BCUT2D eigenvalue weighted by molar-refractivity contribution is 8.15. The van der Waals surface area contributed by atoms with Crippen molar-refractivity contribution < 1.29 is 19.1 Å². The molecular formula is C22H25N3O4S. The molecule has 2 amide bonds. The van der Waals surface area contributed by atoms with Crippen molar-refractivity contribution >= 4 is 40.1 Å². The fraction of sp³-hybridized carbons (Fsp3) is 0.318. The van der Waals surface area contributed by atoms with E-state index in [0.717, 1.165) is 12.2 Å². The van der Waals surface area contributed by atoms with Gasteiger partial charge >= 0.3 is 0 Å². The number of anilines is 1. The van der Waals surface area contributed by atoms with E-state index in [2.05, 4.69) is 10.3 Å². The quantitative estimate of drug-likeness (QED) is 0.687. The number of rotatable bonds is 8. The minimum atomic E-state index is -0.508. The third-order valence-electron chi connectivity index (χ3n) is 4.40. The van der Waals surface area contributed by atoms with E-state index in [9.17, 15) is 9.59 Å². The number of methoxy groups -OCH3 is 1. The maximum atomic E-state index is 12.6. The monoisotopic (exact) mass is 427 g/mol. The van der Waals surface area contributed by atoms with Gasteiger partial charge in [-0.25, -0.2) is 4.99 Å².